The minimum Gasteiger partial charge on any atom is -0.404 e. The fraction of sp³-hybridized carbons (Fsp3) is 0.278. The quantitative estimate of drug-likeness (QED) is 0.835. The monoisotopic (exact) mass is 386 g/mol. The number of carbonyl (C=O) groups is 1. The first-order valence-corrected chi connectivity index (χ1v) is 7.99. The molecule has 0 atom stereocenters. The molecule has 0 aliphatic carbocycles. The molecule has 0 radical (unpaired) electrons. The fourth-order valence-corrected chi connectivity index (χ4v) is 2.48. The average molecular weight is 387 g/mol. The topological polar surface area (TPSA) is 55.6 Å². The summed E-state index contributed by atoms with van der Waals surface area (Å²) >= 11 is 5.86. The predicted octanol–water partition coefficient (Wildman–Crippen LogP) is 4.61. The number of halogens is 4. The molecular weight excluding hydrogens is 369 g/mol. The Kier molecular flexibility index (Phi) is 5.53. The van der Waals surface area contributed by atoms with Gasteiger partial charge in [0.1, 0.15) is 0 Å². The number of hydrogen-bond acceptors (Lipinski definition) is 3. The smallest absolute Gasteiger partial charge is 0.404 e. The zero-order chi connectivity index (χ0) is 19.7. The number of ether oxygens (including phenoxy) is 1. The second kappa shape index (κ2) is 7.17. The number of carbonyl (C=O) groups excluding carboxylic acids is 1. The number of anilines is 1. The molecule has 140 valence electrons. The Morgan fingerprint density at radius 3 is 2.12 bits per heavy atom. The number of benzene rings is 2. The third-order valence-corrected chi connectivity index (χ3v) is 3.83. The number of alkyl halides is 3. The van der Waals surface area contributed by atoms with Crippen LogP contribution in [-0.4, -0.2) is 24.9 Å². The van der Waals surface area contributed by atoms with Gasteiger partial charge in [-0.15, -0.1) is 13.2 Å². The summed E-state index contributed by atoms with van der Waals surface area (Å²) in [5.74, 6) is -1.05. The van der Waals surface area contributed by atoms with Crippen molar-refractivity contribution in [3.63, 3.8) is 0 Å². The van der Waals surface area contributed by atoms with Gasteiger partial charge in [0.05, 0.1) is 11.2 Å². The number of nitrogens with two attached hydrogens (primary N) is 1. The summed E-state index contributed by atoms with van der Waals surface area (Å²) in [5.41, 5.74) is 5.81. The van der Waals surface area contributed by atoms with E-state index in [0.717, 1.165) is 10.5 Å². The fourth-order valence-electron chi connectivity index (χ4n) is 2.35. The van der Waals surface area contributed by atoms with Crippen LogP contribution in [0.25, 0.3) is 11.1 Å². The molecule has 0 bridgehead atoms. The Balaban J connectivity index is 2.54. The Morgan fingerprint density at radius 1 is 1.08 bits per heavy atom. The van der Waals surface area contributed by atoms with Crippen molar-refractivity contribution in [1.82, 2.24) is 0 Å². The molecule has 2 rings (SSSR count). The molecule has 0 unspecified atom stereocenters. The highest BCUT2D eigenvalue weighted by atomic mass is 35.5. The van der Waals surface area contributed by atoms with E-state index in [4.69, 9.17) is 17.3 Å². The normalized spacial score (nSPS) is 12.0. The van der Waals surface area contributed by atoms with Crippen LogP contribution in [0.2, 0.25) is 5.02 Å². The molecule has 8 heteroatoms. The number of amides is 1. The van der Waals surface area contributed by atoms with Gasteiger partial charge < -0.3 is 15.4 Å². The van der Waals surface area contributed by atoms with Gasteiger partial charge in [-0.2, -0.15) is 0 Å². The second-order valence-electron chi connectivity index (χ2n) is 6.32. The molecule has 0 saturated carbocycles. The first-order chi connectivity index (χ1) is 11.9. The molecule has 0 saturated heterocycles. The van der Waals surface area contributed by atoms with Crippen molar-refractivity contribution in [2.45, 2.75) is 25.7 Å². The molecule has 0 heterocycles. The average Bonchev–Trinajstić information content (AvgIpc) is 2.52. The number of hydrogen-bond donors (Lipinski definition) is 1. The van der Waals surface area contributed by atoms with E-state index in [1.807, 2.05) is 0 Å². The molecule has 2 aromatic carbocycles. The maximum Gasteiger partial charge on any atom is 0.573 e. The molecule has 0 aliphatic heterocycles. The number of likely N-dealkylation sites (N-methyl/N-ethyl adjacent to an activating group) is 1. The van der Waals surface area contributed by atoms with Crippen LogP contribution in [0.5, 0.6) is 5.75 Å². The number of rotatable bonds is 4. The van der Waals surface area contributed by atoms with Gasteiger partial charge in [0, 0.05) is 12.1 Å². The third-order valence-electron chi connectivity index (χ3n) is 3.58. The summed E-state index contributed by atoms with van der Waals surface area (Å²) in [7, 11) is 1.35. The predicted molar refractivity (Wildman–Crippen MR) is 95.2 cm³/mol. The van der Waals surface area contributed by atoms with Crippen LogP contribution in [0.4, 0.5) is 18.9 Å². The van der Waals surface area contributed by atoms with Gasteiger partial charge in [-0.25, -0.2) is 0 Å². The van der Waals surface area contributed by atoms with E-state index >= 15 is 0 Å². The van der Waals surface area contributed by atoms with Crippen molar-refractivity contribution in [2.24, 2.45) is 5.73 Å². The summed E-state index contributed by atoms with van der Waals surface area (Å²) in [6.45, 7) is 2.94. The SMILES string of the molecule is CN(C(=O)C(C)(C)N)c1cc(-c2ccc(Cl)cc2)ccc1OC(F)(F)F. The molecule has 0 aliphatic rings. The Hall–Kier alpha value is -2.25. The van der Waals surface area contributed by atoms with Gasteiger partial charge in [-0.05, 0) is 49.2 Å². The molecular formula is C18H18ClF3N2O2. The van der Waals surface area contributed by atoms with Gasteiger partial charge in [0.15, 0.2) is 5.75 Å². The van der Waals surface area contributed by atoms with Gasteiger partial charge in [0.2, 0.25) is 5.91 Å². The first-order valence-electron chi connectivity index (χ1n) is 7.61. The molecule has 2 aromatic rings. The highest BCUT2D eigenvalue weighted by molar-refractivity contribution is 6.30. The summed E-state index contributed by atoms with van der Waals surface area (Å²) in [5, 5.41) is 0.531. The second-order valence-corrected chi connectivity index (χ2v) is 6.76. The molecule has 0 spiro atoms. The molecule has 0 aromatic heterocycles. The molecule has 26 heavy (non-hydrogen) atoms. The Labute approximate surface area is 154 Å². The first kappa shape index (κ1) is 20.1. The molecule has 0 fully saturated rings. The lowest BCUT2D eigenvalue weighted by atomic mass is 10.0. The van der Waals surface area contributed by atoms with Crippen molar-refractivity contribution in [3.05, 3.63) is 47.5 Å². The van der Waals surface area contributed by atoms with Gasteiger partial charge in [-0.3, -0.25) is 4.79 Å². The van der Waals surface area contributed by atoms with E-state index in [2.05, 4.69) is 4.74 Å². The zero-order valence-electron chi connectivity index (χ0n) is 14.4. The Bertz CT molecular complexity index is 800. The lowest BCUT2D eigenvalue weighted by molar-refractivity contribution is -0.274. The minimum absolute atomic E-state index is 0.0432. The maximum atomic E-state index is 12.7. The van der Waals surface area contributed by atoms with Crippen LogP contribution in [0.3, 0.4) is 0 Å². The van der Waals surface area contributed by atoms with Crippen molar-refractivity contribution in [3.8, 4) is 16.9 Å². The summed E-state index contributed by atoms with van der Waals surface area (Å²) in [6, 6.07) is 10.8. The standard InChI is InChI=1S/C18H18ClF3N2O2/c1-17(2,23)16(25)24(3)14-10-12(11-4-7-13(19)8-5-11)6-9-15(14)26-18(20,21)22/h4-10H,23H2,1-3H3. The molecule has 2 N–H and O–H groups in total. The van der Waals surface area contributed by atoms with E-state index in [1.165, 1.54) is 39.1 Å². The van der Waals surface area contributed by atoms with Crippen LogP contribution in [0, 0.1) is 0 Å². The van der Waals surface area contributed by atoms with E-state index in [1.54, 1.807) is 24.3 Å². The van der Waals surface area contributed by atoms with Gasteiger partial charge in [-0.1, -0.05) is 29.8 Å². The van der Waals surface area contributed by atoms with E-state index in [0.29, 0.717) is 10.6 Å². The van der Waals surface area contributed by atoms with E-state index < -0.39 is 23.6 Å². The van der Waals surface area contributed by atoms with Gasteiger partial charge >= 0.3 is 6.36 Å². The van der Waals surface area contributed by atoms with Crippen LogP contribution in [-0.2, 0) is 4.79 Å². The van der Waals surface area contributed by atoms with Crippen molar-refractivity contribution < 1.29 is 22.7 Å². The zero-order valence-corrected chi connectivity index (χ0v) is 15.2. The van der Waals surface area contributed by atoms with Crippen molar-refractivity contribution in [1.29, 1.82) is 0 Å². The van der Waals surface area contributed by atoms with E-state index in [9.17, 15) is 18.0 Å². The van der Waals surface area contributed by atoms with Crippen LogP contribution in [0.1, 0.15) is 13.8 Å². The largest absolute Gasteiger partial charge is 0.573 e. The highest BCUT2D eigenvalue weighted by Gasteiger charge is 2.34. The number of nitrogens with zero attached hydrogens (tertiary/aromatic N) is 1. The van der Waals surface area contributed by atoms with Crippen LogP contribution >= 0.6 is 11.6 Å². The summed E-state index contributed by atoms with van der Waals surface area (Å²) in [4.78, 5) is 13.5. The maximum absolute atomic E-state index is 12.7. The lowest BCUT2D eigenvalue weighted by Gasteiger charge is -2.28. The molecule has 1 amide bonds. The highest BCUT2D eigenvalue weighted by Crippen LogP contribution is 2.37. The van der Waals surface area contributed by atoms with Crippen LogP contribution in [0.15, 0.2) is 42.5 Å². The van der Waals surface area contributed by atoms with Crippen LogP contribution < -0.4 is 15.4 Å². The third kappa shape index (κ3) is 4.89. The summed E-state index contributed by atoms with van der Waals surface area (Å²) < 4.78 is 42.2. The van der Waals surface area contributed by atoms with Gasteiger partial charge in [0.25, 0.3) is 0 Å². The summed E-state index contributed by atoms with van der Waals surface area (Å²) in [6.07, 6.45) is -4.89. The Morgan fingerprint density at radius 2 is 1.62 bits per heavy atom. The minimum atomic E-state index is -4.89. The van der Waals surface area contributed by atoms with Crippen molar-refractivity contribution >= 4 is 23.2 Å². The van der Waals surface area contributed by atoms with Crippen molar-refractivity contribution in [2.75, 3.05) is 11.9 Å². The molecule has 4 nitrogen and oxygen atoms in total. The van der Waals surface area contributed by atoms with E-state index in [-0.39, 0.29) is 5.69 Å². The lowest BCUT2D eigenvalue weighted by Crippen LogP contribution is -2.50.